The van der Waals surface area contributed by atoms with E-state index in [2.05, 4.69) is 31.2 Å². The highest BCUT2D eigenvalue weighted by Crippen LogP contribution is 2.37. The zero-order valence-electron chi connectivity index (χ0n) is 15.7. The lowest BCUT2D eigenvalue weighted by molar-refractivity contribution is 0.203. The first kappa shape index (κ1) is 19.7. The van der Waals surface area contributed by atoms with Crippen LogP contribution in [-0.4, -0.2) is 23.3 Å². The Balaban J connectivity index is 1.86. The van der Waals surface area contributed by atoms with Gasteiger partial charge in [-0.3, -0.25) is 0 Å². The Morgan fingerprint density at radius 2 is 1.67 bits per heavy atom. The van der Waals surface area contributed by atoms with Crippen LogP contribution >= 0.6 is 23.2 Å². The normalized spacial score (nSPS) is 19.3. The molecule has 0 bridgehead atoms. The Morgan fingerprint density at radius 1 is 1.11 bits per heavy atom. The van der Waals surface area contributed by atoms with Gasteiger partial charge in [0, 0.05) is 21.1 Å². The van der Waals surface area contributed by atoms with Crippen LogP contribution in [0, 0.1) is 11.3 Å². The average Bonchev–Trinajstić information content (AvgIpc) is 2.94. The lowest BCUT2D eigenvalue weighted by Gasteiger charge is -2.28. The van der Waals surface area contributed by atoms with Gasteiger partial charge in [0.15, 0.2) is 0 Å². The first-order chi connectivity index (χ1) is 12.8. The molecule has 1 aliphatic heterocycles. The lowest BCUT2D eigenvalue weighted by Crippen LogP contribution is -2.36. The Kier molecular flexibility index (Phi) is 5.78. The molecule has 1 atom stereocenters. The molecule has 1 aliphatic rings. The van der Waals surface area contributed by atoms with Gasteiger partial charge >= 0.3 is 6.03 Å². The molecule has 3 rings (SSSR count). The van der Waals surface area contributed by atoms with E-state index in [0.717, 1.165) is 17.7 Å². The molecular weight excluding hydrogens is 381 g/mol. The zero-order valence-corrected chi connectivity index (χ0v) is 17.2. The summed E-state index contributed by atoms with van der Waals surface area (Å²) in [4.78, 5) is 12.8. The molecule has 142 valence electrons. The van der Waals surface area contributed by atoms with Crippen molar-refractivity contribution >= 4 is 40.6 Å². The number of rotatable bonds is 4. The molecule has 1 N–H and O–H groups in total. The van der Waals surface area contributed by atoms with E-state index in [9.17, 15) is 4.79 Å². The number of halogens is 2. The molecule has 0 saturated heterocycles. The highest BCUT2D eigenvalue weighted by atomic mass is 35.5. The molecular formula is C21H23Cl2N3O. The number of carbonyl (C=O) groups is 1. The molecule has 6 heteroatoms. The van der Waals surface area contributed by atoms with Gasteiger partial charge in [-0.2, -0.15) is 5.10 Å². The van der Waals surface area contributed by atoms with E-state index in [1.54, 1.807) is 24.3 Å². The number of hydrogen-bond donors (Lipinski definition) is 1. The second-order valence-corrected chi connectivity index (χ2v) is 8.48. The summed E-state index contributed by atoms with van der Waals surface area (Å²) in [5.74, 6) is 0.478. The maximum Gasteiger partial charge on any atom is 0.342 e. The summed E-state index contributed by atoms with van der Waals surface area (Å²) in [6.07, 6.45) is 0.930. The van der Waals surface area contributed by atoms with Gasteiger partial charge in [-0.15, -0.1) is 0 Å². The fourth-order valence-corrected chi connectivity index (χ4v) is 3.85. The third-order valence-electron chi connectivity index (χ3n) is 4.60. The van der Waals surface area contributed by atoms with Gasteiger partial charge < -0.3 is 5.32 Å². The second-order valence-electron chi connectivity index (χ2n) is 7.61. The summed E-state index contributed by atoms with van der Waals surface area (Å²) in [5, 5.41) is 10.4. The summed E-state index contributed by atoms with van der Waals surface area (Å²) in [5.41, 5.74) is 2.37. The summed E-state index contributed by atoms with van der Waals surface area (Å²) in [6.45, 7) is 7.06. The van der Waals surface area contributed by atoms with Gasteiger partial charge in [0.05, 0.1) is 12.3 Å². The molecule has 2 aromatic rings. The van der Waals surface area contributed by atoms with Crippen molar-refractivity contribution in [3.63, 3.8) is 0 Å². The lowest BCUT2D eigenvalue weighted by atomic mass is 9.76. The van der Waals surface area contributed by atoms with Crippen molar-refractivity contribution < 1.29 is 4.79 Å². The number of nitrogens with zero attached hydrogens (tertiary/aromatic N) is 2. The minimum atomic E-state index is -0.253. The van der Waals surface area contributed by atoms with Crippen LogP contribution in [0.4, 0.5) is 10.5 Å². The van der Waals surface area contributed by atoms with Crippen molar-refractivity contribution in [2.24, 2.45) is 16.4 Å². The van der Waals surface area contributed by atoms with E-state index in [1.807, 2.05) is 24.3 Å². The van der Waals surface area contributed by atoms with E-state index < -0.39 is 0 Å². The first-order valence-corrected chi connectivity index (χ1v) is 9.71. The number of urea groups is 1. The predicted octanol–water partition coefficient (Wildman–Crippen LogP) is 6.30. The molecule has 27 heavy (non-hydrogen) atoms. The van der Waals surface area contributed by atoms with Gasteiger partial charge in [-0.25, -0.2) is 9.80 Å². The largest absolute Gasteiger partial charge is 0.342 e. The van der Waals surface area contributed by atoms with E-state index in [1.165, 1.54) is 5.01 Å². The number of carbonyl (C=O) groups excluding carboxylic acids is 1. The Bertz CT molecular complexity index is 847. The topological polar surface area (TPSA) is 44.7 Å². The monoisotopic (exact) mass is 403 g/mol. The molecule has 4 nitrogen and oxygen atoms in total. The molecule has 0 aromatic heterocycles. The Morgan fingerprint density at radius 3 is 2.22 bits per heavy atom. The highest BCUT2D eigenvalue weighted by Gasteiger charge is 2.41. The summed E-state index contributed by atoms with van der Waals surface area (Å²) >= 11 is 11.9. The van der Waals surface area contributed by atoms with Crippen LogP contribution < -0.4 is 5.32 Å². The summed E-state index contributed by atoms with van der Waals surface area (Å²) in [6, 6.07) is 14.4. The minimum absolute atomic E-state index is 0.223. The van der Waals surface area contributed by atoms with Crippen LogP contribution in [0.1, 0.15) is 32.8 Å². The molecule has 0 saturated carbocycles. The SMILES string of the molecule is CC(C)CC1(C)CN(C(=O)Nc2ccc(Cl)cc2)N=C1c1ccc(Cl)cc1. The Hall–Kier alpha value is -2.04. The number of hydrazone groups is 1. The van der Waals surface area contributed by atoms with Gasteiger partial charge in [0.2, 0.25) is 0 Å². The van der Waals surface area contributed by atoms with Crippen molar-refractivity contribution in [3.05, 3.63) is 64.1 Å². The van der Waals surface area contributed by atoms with Crippen molar-refractivity contribution in [2.45, 2.75) is 27.2 Å². The van der Waals surface area contributed by atoms with Crippen LogP contribution in [0.5, 0.6) is 0 Å². The number of nitrogens with one attached hydrogen (secondary N) is 1. The van der Waals surface area contributed by atoms with Crippen LogP contribution in [0.25, 0.3) is 0 Å². The Labute approximate surface area is 170 Å². The number of hydrogen-bond acceptors (Lipinski definition) is 2. The van der Waals surface area contributed by atoms with E-state index >= 15 is 0 Å². The summed E-state index contributed by atoms with van der Waals surface area (Å²) in [7, 11) is 0. The standard InChI is InChI=1S/C21H23Cl2N3O/c1-14(2)12-21(3)13-26(20(27)24-18-10-8-17(23)9-11-18)25-19(21)15-4-6-16(22)7-5-15/h4-11,14H,12-13H2,1-3H3,(H,24,27). The maximum atomic E-state index is 12.8. The van der Waals surface area contributed by atoms with E-state index in [4.69, 9.17) is 23.2 Å². The van der Waals surface area contributed by atoms with Crippen LogP contribution in [0.15, 0.2) is 53.6 Å². The average molecular weight is 404 g/mol. The molecule has 0 aliphatic carbocycles. The first-order valence-electron chi connectivity index (χ1n) is 8.96. The van der Waals surface area contributed by atoms with Crippen LogP contribution in [0.2, 0.25) is 10.0 Å². The molecule has 2 aromatic carbocycles. The zero-order chi connectivity index (χ0) is 19.6. The molecule has 0 spiro atoms. The smallest absolute Gasteiger partial charge is 0.306 e. The summed E-state index contributed by atoms with van der Waals surface area (Å²) < 4.78 is 0. The van der Waals surface area contributed by atoms with Crippen molar-refractivity contribution in [2.75, 3.05) is 11.9 Å². The second kappa shape index (κ2) is 7.91. The van der Waals surface area contributed by atoms with Gasteiger partial charge in [0.25, 0.3) is 0 Å². The number of benzene rings is 2. The van der Waals surface area contributed by atoms with Gasteiger partial charge in [-0.1, -0.05) is 56.1 Å². The number of anilines is 1. The van der Waals surface area contributed by atoms with Gasteiger partial charge in [0.1, 0.15) is 0 Å². The van der Waals surface area contributed by atoms with Crippen molar-refractivity contribution in [1.29, 1.82) is 0 Å². The third-order valence-corrected chi connectivity index (χ3v) is 5.10. The number of amides is 2. The quantitative estimate of drug-likeness (QED) is 0.639. The van der Waals surface area contributed by atoms with Crippen molar-refractivity contribution in [3.8, 4) is 0 Å². The molecule has 2 amide bonds. The van der Waals surface area contributed by atoms with Crippen LogP contribution in [-0.2, 0) is 0 Å². The van der Waals surface area contributed by atoms with Gasteiger partial charge in [-0.05, 0) is 54.3 Å². The van der Waals surface area contributed by atoms with E-state index in [0.29, 0.717) is 28.2 Å². The molecule has 1 heterocycles. The van der Waals surface area contributed by atoms with Crippen LogP contribution in [0.3, 0.4) is 0 Å². The minimum Gasteiger partial charge on any atom is -0.306 e. The third kappa shape index (κ3) is 4.63. The molecule has 0 fully saturated rings. The highest BCUT2D eigenvalue weighted by molar-refractivity contribution is 6.31. The fraction of sp³-hybridized carbons (Fsp3) is 0.333. The fourth-order valence-electron chi connectivity index (χ4n) is 3.60. The van der Waals surface area contributed by atoms with Crippen molar-refractivity contribution in [1.82, 2.24) is 5.01 Å². The predicted molar refractivity (Wildman–Crippen MR) is 113 cm³/mol. The van der Waals surface area contributed by atoms with E-state index in [-0.39, 0.29) is 11.4 Å². The maximum absolute atomic E-state index is 12.8. The molecule has 1 unspecified atom stereocenters. The molecule has 0 radical (unpaired) electrons.